The second-order valence-electron chi connectivity index (χ2n) is 14.5. The molecule has 8 N–H and O–H groups in total. The van der Waals surface area contributed by atoms with E-state index in [0.717, 1.165) is 0 Å². The van der Waals surface area contributed by atoms with Crippen molar-refractivity contribution >= 4 is 45.9 Å². The number of hydrogen-bond donors (Lipinski definition) is 8. The van der Waals surface area contributed by atoms with Gasteiger partial charge in [0.05, 0.1) is 44.5 Å². The Morgan fingerprint density at radius 2 is 0.607 bits per heavy atom. The van der Waals surface area contributed by atoms with Crippen molar-refractivity contribution in [1.29, 1.82) is 0 Å². The van der Waals surface area contributed by atoms with E-state index in [1.54, 1.807) is 12.1 Å². The maximum absolute atomic E-state index is 13.9. The van der Waals surface area contributed by atoms with Crippen LogP contribution in [-0.4, -0.2) is 146 Å². The number of carbonyl (C=O) groups excluding carboxylic acids is 4. The number of phenolic OH excluding ortho intramolecular Hbond substituents is 4. The van der Waals surface area contributed by atoms with Crippen LogP contribution >= 0.6 is 0 Å². The Morgan fingerprint density at radius 3 is 0.839 bits per heavy atom. The highest BCUT2D eigenvalue weighted by Gasteiger charge is 2.39. The molecule has 15 nitrogen and oxygen atoms in total. The minimum atomic E-state index is -0.586. The van der Waals surface area contributed by atoms with Gasteiger partial charge in [0.15, 0.2) is 0 Å². The fourth-order valence-electron chi connectivity index (χ4n) is 7.02. The number of fused-ring (bicyclic) bond motifs is 4. The summed E-state index contributed by atoms with van der Waals surface area (Å²) in [5.74, 6) is -3.66. The number of benzene rings is 4. The van der Waals surface area contributed by atoms with Gasteiger partial charge in [-0.25, -0.2) is 0 Å². The molecule has 56 heavy (non-hydrogen) atoms. The lowest BCUT2D eigenvalue weighted by molar-refractivity contribution is 0.0975. The largest absolute Gasteiger partial charge is 0.507 e. The Labute approximate surface area is 324 Å². The lowest BCUT2D eigenvalue weighted by atomic mass is 9.81. The molecule has 2 aliphatic carbocycles. The first-order chi connectivity index (χ1) is 26.7. The molecule has 0 heterocycles. The van der Waals surface area contributed by atoms with Crippen molar-refractivity contribution in [1.82, 2.24) is 14.7 Å². The van der Waals surface area contributed by atoms with Crippen molar-refractivity contribution in [2.24, 2.45) is 0 Å². The monoisotopic (exact) mass is 765 g/mol. The molecule has 2 aliphatic rings. The fourth-order valence-corrected chi connectivity index (χ4v) is 7.02. The molecule has 0 unspecified atom stereocenters. The summed E-state index contributed by atoms with van der Waals surface area (Å²) in [4.78, 5) is 61.3. The number of phenols is 4. The van der Waals surface area contributed by atoms with Gasteiger partial charge in [-0.1, -0.05) is 0 Å². The van der Waals surface area contributed by atoms with Crippen molar-refractivity contribution in [3.8, 4) is 23.0 Å². The molecule has 0 aliphatic heterocycles. The molecule has 0 fully saturated rings. The van der Waals surface area contributed by atoms with Crippen molar-refractivity contribution < 1.29 is 39.6 Å². The molecule has 0 aromatic heterocycles. The van der Waals surface area contributed by atoms with Gasteiger partial charge in [0.2, 0.25) is 23.1 Å². The zero-order chi connectivity index (χ0) is 40.4. The Morgan fingerprint density at radius 1 is 0.375 bits per heavy atom. The van der Waals surface area contributed by atoms with Gasteiger partial charge in [0.1, 0.15) is 23.0 Å². The van der Waals surface area contributed by atoms with E-state index in [2.05, 4.69) is 21.3 Å². The van der Waals surface area contributed by atoms with Crippen LogP contribution in [0.25, 0.3) is 0 Å². The summed E-state index contributed by atoms with van der Waals surface area (Å²) < 4.78 is 0. The average molecular weight is 766 g/mol. The lowest BCUT2D eigenvalue weighted by Gasteiger charge is -2.26. The van der Waals surface area contributed by atoms with Crippen molar-refractivity contribution in [3.05, 3.63) is 93.0 Å². The Hall–Kier alpha value is -6.16. The lowest BCUT2D eigenvalue weighted by Crippen LogP contribution is -2.31. The molecular weight excluding hydrogens is 718 g/mol. The molecule has 0 amide bonds. The minimum Gasteiger partial charge on any atom is -0.507 e. The molecule has 4 aromatic rings. The van der Waals surface area contributed by atoms with Crippen LogP contribution in [-0.2, 0) is 0 Å². The van der Waals surface area contributed by atoms with Crippen molar-refractivity contribution in [3.63, 3.8) is 0 Å². The highest BCUT2D eigenvalue weighted by molar-refractivity contribution is 6.34. The zero-order valence-corrected chi connectivity index (χ0v) is 32.0. The standard InChI is InChI=1S/C41H47N7O8/c1-46(2)18-14-42-22-6-10-26(49)34-30(22)38(53)36-28(51)12-8-24(32(36)40(34)55)44-16-20-48(5)21-17-45-25-9-13-29(52)37-33(25)41(56)35-27(50)11-7-23(31(35)39(37)54)43-15-19-47(3)4/h6-13,42-45,49-52H,14-21H2,1-5H3. The summed E-state index contributed by atoms with van der Waals surface area (Å²) in [5, 5.41) is 55.8. The van der Waals surface area contributed by atoms with E-state index < -0.39 is 23.1 Å². The maximum Gasteiger partial charge on any atom is 0.200 e. The SMILES string of the molecule is CN(C)CCNc1ccc(O)c2c1C(=O)c1c(O)ccc(NCCN(C)CCNc3ccc(O)c4c3C(=O)c3c(O)ccc(NCCN(C)C)c3C4=O)c1C2=O. The van der Waals surface area contributed by atoms with Crippen LogP contribution in [0.15, 0.2) is 48.5 Å². The van der Waals surface area contributed by atoms with Crippen LogP contribution in [0.4, 0.5) is 22.7 Å². The molecule has 0 spiro atoms. The van der Waals surface area contributed by atoms with Crippen LogP contribution in [0.1, 0.15) is 63.7 Å². The second kappa shape index (κ2) is 16.3. The minimum absolute atomic E-state index is 0.0141. The van der Waals surface area contributed by atoms with Gasteiger partial charge in [-0.3, -0.25) is 19.2 Å². The summed E-state index contributed by atoms with van der Waals surface area (Å²) in [7, 11) is 9.50. The molecule has 0 atom stereocenters. The first-order valence-corrected chi connectivity index (χ1v) is 18.3. The predicted octanol–water partition coefficient (Wildman–Crippen LogP) is 3.46. The van der Waals surface area contributed by atoms with Gasteiger partial charge >= 0.3 is 0 Å². The van der Waals surface area contributed by atoms with Crippen LogP contribution in [0.5, 0.6) is 23.0 Å². The molecule has 0 saturated carbocycles. The van der Waals surface area contributed by atoms with Crippen molar-refractivity contribution in [2.75, 3.05) is 109 Å². The van der Waals surface area contributed by atoms with Gasteiger partial charge in [0.25, 0.3) is 0 Å². The number of nitrogens with zero attached hydrogens (tertiary/aromatic N) is 3. The number of anilines is 4. The number of aromatic hydroxyl groups is 4. The summed E-state index contributed by atoms with van der Waals surface area (Å²) in [6.07, 6.45) is 0. The van der Waals surface area contributed by atoms with Crippen LogP contribution in [0.3, 0.4) is 0 Å². The molecule has 0 bridgehead atoms. The van der Waals surface area contributed by atoms with E-state index >= 15 is 0 Å². The normalized spacial score (nSPS) is 13.1. The van der Waals surface area contributed by atoms with Gasteiger partial charge in [-0.05, 0) is 83.8 Å². The van der Waals surface area contributed by atoms with Crippen molar-refractivity contribution in [2.45, 2.75) is 0 Å². The van der Waals surface area contributed by atoms with E-state index in [4.69, 9.17) is 0 Å². The topological polar surface area (TPSA) is 207 Å². The average Bonchev–Trinajstić information content (AvgIpc) is 3.14. The summed E-state index contributed by atoms with van der Waals surface area (Å²) in [5.41, 5.74) is 0.912. The highest BCUT2D eigenvalue weighted by Crippen LogP contribution is 2.44. The first kappa shape index (κ1) is 39.5. The number of likely N-dealkylation sites (N-methyl/N-ethyl adjacent to an activating group) is 3. The van der Waals surface area contributed by atoms with Crippen LogP contribution in [0.2, 0.25) is 0 Å². The molecular formula is C41H47N7O8. The summed E-state index contributed by atoms with van der Waals surface area (Å²) >= 11 is 0. The van der Waals surface area contributed by atoms with Gasteiger partial charge in [0, 0.05) is 75.1 Å². The van der Waals surface area contributed by atoms with E-state index in [-0.39, 0.29) is 67.5 Å². The van der Waals surface area contributed by atoms with E-state index in [1.165, 1.54) is 36.4 Å². The van der Waals surface area contributed by atoms with Gasteiger partial charge < -0.3 is 56.4 Å². The number of ketones is 4. The van der Waals surface area contributed by atoms with Gasteiger partial charge in [-0.15, -0.1) is 0 Å². The fraction of sp³-hybridized carbons (Fsp3) is 0.317. The smallest absolute Gasteiger partial charge is 0.200 e. The van der Waals surface area contributed by atoms with E-state index in [1.807, 2.05) is 49.9 Å². The summed E-state index contributed by atoms with van der Waals surface area (Å²) in [6.45, 7) is 3.91. The van der Waals surface area contributed by atoms with E-state index in [0.29, 0.717) is 75.1 Å². The third kappa shape index (κ3) is 7.56. The molecule has 4 aromatic carbocycles. The maximum atomic E-state index is 13.9. The number of rotatable bonds is 16. The zero-order valence-electron chi connectivity index (χ0n) is 32.0. The number of nitrogens with one attached hydrogen (secondary N) is 4. The first-order valence-electron chi connectivity index (χ1n) is 18.3. The number of carbonyl (C=O) groups is 4. The summed E-state index contributed by atoms with van der Waals surface area (Å²) in [6, 6.07) is 11.6. The van der Waals surface area contributed by atoms with Crippen LogP contribution < -0.4 is 21.3 Å². The molecule has 294 valence electrons. The molecule has 15 heteroatoms. The Bertz CT molecular complexity index is 2080. The third-order valence-electron chi connectivity index (χ3n) is 9.92. The highest BCUT2D eigenvalue weighted by atomic mass is 16.3. The quantitative estimate of drug-likeness (QED) is 0.0665. The Kier molecular flexibility index (Phi) is 11.5. The predicted molar refractivity (Wildman–Crippen MR) is 215 cm³/mol. The Balaban J connectivity index is 1.12. The number of hydrogen-bond acceptors (Lipinski definition) is 15. The molecule has 0 radical (unpaired) electrons. The molecule has 6 rings (SSSR count). The second-order valence-corrected chi connectivity index (χ2v) is 14.5. The van der Waals surface area contributed by atoms with Crippen LogP contribution in [0, 0.1) is 0 Å². The molecule has 0 saturated heterocycles. The van der Waals surface area contributed by atoms with E-state index in [9.17, 15) is 39.6 Å². The van der Waals surface area contributed by atoms with Gasteiger partial charge in [-0.2, -0.15) is 0 Å². The third-order valence-corrected chi connectivity index (χ3v) is 9.92.